The van der Waals surface area contributed by atoms with Gasteiger partial charge in [0.1, 0.15) is 17.5 Å². The van der Waals surface area contributed by atoms with Crippen LogP contribution in [0.15, 0.2) is 0 Å². The third-order valence-electron chi connectivity index (χ3n) is 7.77. The van der Waals surface area contributed by atoms with Crippen molar-refractivity contribution in [2.75, 3.05) is 0 Å². The maximum absolute atomic E-state index is 13.0. The first kappa shape index (κ1) is 26.1. The predicted octanol–water partition coefficient (Wildman–Crippen LogP) is 2.96. The van der Waals surface area contributed by atoms with Gasteiger partial charge in [0.2, 0.25) is 0 Å². The largest absolute Gasteiger partial charge is 0.459 e. The van der Waals surface area contributed by atoms with Gasteiger partial charge in [-0.3, -0.25) is 9.59 Å². The molecule has 0 aromatic heterocycles. The van der Waals surface area contributed by atoms with Crippen LogP contribution in [0.4, 0.5) is 0 Å². The predicted molar refractivity (Wildman–Crippen MR) is 112 cm³/mol. The molecule has 0 radical (unpaired) electrons. The van der Waals surface area contributed by atoms with E-state index >= 15 is 0 Å². The van der Waals surface area contributed by atoms with Crippen molar-refractivity contribution in [3.8, 4) is 0 Å². The molecule has 1 saturated heterocycles. The lowest BCUT2D eigenvalue weighted by molar-refractivity contribution is -0.192. The third kappa shape index (κ3) is 5.39. The number of hydrogen-bond acceptors (Lipinski definition) is 6. The van der Waals surface area contributed by atoms with Crippen molar-refractivity contribution in [1.29, 1.82) is 0 Å². The number of carbonyl (C=O) groups excluding carboxylic acids is 2. The smallest absolute Gasteiger partial charge is 0.309 e. The van der Waals surface area contributed by atoms with E-state index in [4.69, 9.17) is 4.74 Å². The minimum atomic E-state index is -1.77. The number of aliphatic hydroxyl groups excluding tert-OH is 1. The summed E-state index contributed by atoms with van der Waals surface area (Å²) in [5.74, 6) is -2.70. The van der Waals surface area contributed by atoms with Crippen LogP contribution >= 0.6 is 0 Å². The zero-order valence-electron chi connectivity index (χ0n) is 19.6. The Morgan fingerprint density at radius 1 is 0.966 bits per heavy atom. The fourth-order valence-corrected chi connectivity index (χ4v) is 4.76. The van der Waals surface area contributed by atoms with Crippen LogP contribution in [0.25, 0.3) is 0 Å². The van der Waals surface area contributed by atoms with Crippen LogP contribution in [0.3, 0.4) is 0 Å². The van der Waals surface area contributed by atoms with Gasteiger partial charge in [-0.1, -0.05) is 48.5 Å². The summed E-state index contributed by atoms with van der Waals surface area (Å²) >= 11 is 0. The zero-order valence-corrected chi connectivity index (χ0v) is 19.6. The fourth-order valence-electron chi connectivity index (χ4n) is 4.76. The Morgan fingerprint density at radius 3 is 1.97 bits per heavy atom. The SMILES string of the molecule is CC[C@H]1OC(=O)[C@H](C)[C@@H](C)[C@H](C)[C@@H](C)[C@](C)(O)C[C@@H](C)C(=O)[C@H](C)[C@@H](O)[C@]1(C)O. The van der Waals surface area contributed by atoms with E-state index < -0.39 is 47.1 Å². The van der Waals surface area contributed by atoms with Gasteiger partial charge in [0.05, 0.1) is 17.6 Å². The van der Waals surface area contributed by atoms with Gasteiger partial charge in [-0.15, -0.1) is 0 Å². The van der Waals surface area contributed by atoms with Crippen LogP contribution in [0, 0.1) is 35.5 Å². The molecule has 1 fully saturated rings. The number of hydrogen-bond donors (Lipinski definition) is 3. The summed E-state index contributed by atoms with van der Waals surface area (Å²) < 4.78 is 5.64. The first-order valence-corrected chi connectivity index (χ1v) is 11.0. The first-order chi connectivity index (χ1) is 13.1. The number of ketones is 1. The van der Waals surface area contributed by atoms with Gasteiger partial charge in [-0.25, -0.2) is 0 Å². The molecule has 10 atom stereocenters. The lowest BCUT2D eigenvalue weighted by Crippen LogP contribution is -2.56. The highest BCUT2D eigenvalue weighted by molar-refractivity contribution is 5.83. The lowest BCUT2D eigenvalue weighted by atomic mass is 9.68. The van der Waals surface area contributed by atoms with Crippen molar-refractivity contribution >= 4 is 11.8 Å². The molecule has 0 spiro atoms. The Labute approximate surface area is 176 Å². The molecule has 0 amide bonds. The van der Waals surface area contributed by atoms with Crippen molar-refractivity contribution in [3.05, 3.63) is 0 Å². The standard InChI is InChI=1S/C23H42O6/c1-10-18-23(9,28)20(25)16(6)19(24)12(2)11-22(8,27)17(7)14(4)13(3)15(5)21(26)29-18/h12-18,20,25,27-28H,10-11H2,1-9H3/t12-,13+,14+,15-,16+,17-,18-,20-,22-,23-/m1/s1. The highest BCUT2D eigenvalue weighted by Crippen LogP contribution is 2.39. The molecular formula is C23H42O6. The Balaban J connectivity index is 3.42. The van der Waals surface area contributed by atoms with Crippen molar-refractivity contribution < 1.29 is 29.6 Å². The summed E-state index contributed by atoms with van der Waals surface area (Å²) in [4.78, 5) is 25.8. The molecule has 0 saturated carbocycles. The molecule has 0 aliphatic carbocycles. The van der Waals surface area contributed by atoms with Gasteiger partial charge in [0.25, 0.3) is 0 Å². The van der Waals surface area contributed by atoms with Gasteiger partial charge in [0.15, 0.2) is 0 Å². The molecule has 0 bridgehead atoms. The van der Waals surface area contributed by atoms with E-state index in [9.17, 15) is 24.9 Å². The van der Waals surface area contributed by atoms with Crippen molar-refractivity contribution in [3.63, 3.8) is 0 Å². The zero-order chi connectivity index (χ0) is 22.9. The first-order valence-electron chi connectivity index (χ1n) is 11.0. The lowest BCUT2D eigenvalue weighted by Gasteiger charge is -2.42. The molecule has 1 aliphatic heterocycles. The van der Waals surface area contributed by atoms with Crippen LogP contribution in [-0.4, -0.2) is 50.5 Å². The number of rotatable bonds is 1. The molecule has 1 aliphatic rings. The number of esters is 1. The molecule has 6 nitrogen and oxygen atoms in total. The maximum Gasteiger partial charge on any atom is 0.309 e. The molecule has 170 valence electrons. The van der Waals surface area contributed by atoms with Gasteiger partial charge < -0.3 is 20.1 Å². The quantitative estimate of drug-likeness (QED) is 0.570. The van der Waals surface area contributed by atoms with E-state index in [0.29, 0.717) is 6.42 Å². The highest BCUT2D eigenvalue weighted by Gasteiger charge is 2.48. The second kappa shape index (κ2) is 9.44. The minimum Gasteiger partial charge on any atom is -0.459 e. The fraction of sp³-hybridized carbons (Fsp3) is 0.913. The van der Waals surface area contributed by atoms with E-state index in [2.05, 4.69) is 0 Å². The van der Waals surface area contributed by atoms with Crippen LogP contribution in [0.1, 0.15) is 75.2 Å². The monoisotopic (exact) mass is 414 g/mol. The molecule has 3 N–H and O–H groups in total. The topological polar surface area (TPSA) is 104 Å². The molecule has 1 rings (SSSR count). The van der Waals surface area contributed by atoms with Crippen molar-refractivity contribution in [2.45, 2.75) is 98.6 Å². The van der Waals surface area contributed by atoms with Gasteiger partial charge in [-0.2, -0.15) is 0 Å². The third-order valence-corrected chi connectivity index (χ3v) is 7.77. The highest BCUT2D eigenvalue weighted by atomic mass is 16.6. The van der Waals surface area contributed by atoms with Crippen LogP contribution in [-0.2, 0) is 14.3 Å². The van der Waals surface area contributed by atoms with Gasteiger partial charge in [0, 0.05) is 11.8 Å². The van der Waals surface area contributed by atoms with E-state index in [1.54, 1.807) is 34.6 Å². The number of aliphatic hydroxyl groups is 3. The van der Waals surface area contributed by atoms with Gasteiger partial charge in [-0.05, 0) is 44.4 Å². The van der Waals surface area contributed by atoms with E-state index in [1.165, 1.54) is 6.92 Å². The van der Waals surface area contributed by atoms with Crippen LogP contribution in [0.5, 0.6) is 0 Å². The summed E-state index contributed by atoms with van der Waals surface area (Å²) in [5.41, 5.74) is -2.89. The molecular weight excluding hydrogens is 372 g/mol. The number of carbonyl (C=O) groups is 2. The summed E-state index contributed by atoms with van der Waals surface area (Å²) in [7, 11) is 0. The second-order valence-corrected chi connectivity index (χ2v) is 9.95. The molecule has 6 heteroatoms. The minimum absolute atomic E-state index is 0.00129. The van der Waals surface area contributed by atoms with Crippen LogP contribution in [0.2, 0.25) is 0 Å². The summed E-state index contributed by atoms with van der Waals surface area (Å²) in [6, 6.07) is 0. The normalized spacial score (nSPS) is 48.7. The molecule has 0 unspecified atom stereocenters. The number of cyclic esters (lactones) is 1. The van der Waals surface area contributed by atoms with Crippen molar-refractivity contribution in [1.82, 2.24) is 0 Å². The van der Waals surface area contributed by atoms with Gasteiger partial charge >= 0.3 is 5.97 Å². The average Bonchev–Trinajstić information content (AvgIpc) is 2.66. The summed E-state index contributed by atoms with van der Waals surface area (Å²) in [5, 5.41) is 33.0. The van der Waals surface area contributed by atoms with Crippen molar-refractivity contribution in [2.24, 2.45) is 35.5 Å². The molecule has 0 aromatic carbocycles. The second-order valence-electron chi connectivity index (χ2n) is 9.95. The van der Waals surface area contributed by atoms with Crippen LogP contribution < -0.4 is 0 Å². The number of Topliss-reactive ketones (excluding diaryl/α,β-unsaturated/α-hetero) is 1. The Morgan fingerprint density at radius 2 is 1.48 bits per heavy atom. The Bertz CT molecular complexity index is 584. The average molecular weight is 415 g/mol. The summed E-state index contributed by atoms with van der Waals surface area (Å²) in [6.45, 7) is 15.9. The van der Waals surface area contributed by atoms with E-state index in [0.717, 1.165) is 0 Å². The number of ether oxygens (including phenoxy) is 1. The molecule has 1 heterocycles. The molecule has 0 aromatic rings. The van der Waals surface area contributed by atoms with E-state index in [-0.39, 0.29) is 30.0 Å². The summed E-state index contributed by atoms with van der Waals surface area (Å²) in [6.07, 6.45) is -1.76. The molecule has 29 heavy (non-hydrogen) atoms. The Kier molecular flexibility index (Phi) is 8.48. The van der Waals surface area contributed by atoms with E-state index in [1.807, 2.05) is 20.8 Å². The maximum atomic E-state index is 13.0. The Hall–Kier alpha value is -0.980.